The number of aryl methyl sites for hydroxylation is 1. The number of hydrogen-bond donors (Lipinski definition) is 2. The first-order valence-corrected chi connectivity index (χ1v) is 8.45. The Morgan fingerprint density at radius 3 is 2.46 bits per heavy atom. The van der Waals surface area contributed by atoms with Crippen molar-refractivity contribution in [1.29, 1.82) is 0 Å². The minimum atomic E-state index is -1.31. The van der Waals surface area contributed by atoms with Gasteiger partial charge in [-0.25, -0.2) is 4.79 Å². The summed E-state index contributed by atoms with van der Waals surface area (Å²) in [7, 11) is 0. The second kappa shape index (κ2) is 6.80. The van der Waals surface area contributed by atoms with Gasteiger partial charge in [-0.05, 0) is 32.0 Å². The van der Waals surface area contributed by atoms with E-state index in [1.807, 2.05) is 19.1 Å². The fourth-order valence-electron chi connectivity index (χ4n) is 2.87. The minimum absolute atomic E-state index is 0.370. The van der Waals surface area contributed by atoms with E-state index in [2.05, 4.69) is 10.6 Å². The lowest BCUT2D eigenvalue weighted by atomic mass is 9.92. The van der Waals surface area contributed by atoms with Crippen LogP contribution in [0.1, 0.15) is 18.1 Å². The van der Waals surface area contributed by atoms with Crippen molar-refractivity contribution >= 4 is 35.1 Å². The molecule has 134 valence electrons. The zero-order valence-electron chi connectivity index (χ0n) is 14.4. The number of nitrogens with zero attached hydrogens (tertiary/aromatic N) is 1. The van der Waals surface area contributed by atoms with Gasteiger partial charge in [-0.2, -0.15) is 0 Å². The van der Waals surface area contributed by atoms with Crippen LogP contribution >= 0.6 is 11.6 Å². The molecule has 1 atom stereocenters. The van der Waals surface area contributed by atoms with E-state index in [-0.39, 0.29) is 6.54 Å². The van der Waals surface area contributed by atoms with Crippen LogP contribution in [0.5, 0.6) is 0 Å². The van der Waals surface area contributed by atoms with E-state index >= 15 is 0 Å². The summed E-state index contributed by atoms with van der Waals surface area (Å²) in [5.74, 6) is -0.976. The normalized spacial score (nSPS) is 19.4. The van der Waals surface area contributed by atoms with Gasteiger partial charge in [0, 0.05) is 16.3 Å². The van der Waals surface area contributed by atoms with Gasteiger partial charge in [0.25, 0.3) is 5.91 Å². The van der Waals surface area contributed by atoms with Crippen LogP contribution in [0.4, 0.5) is 10.5 Å². The number of carbonyl (C=O) groups excluding carboxylic acids is 3. The van der Waals surface area contributed by atoms with Crippen LogP contribution in [0.2, 0.25) is 5.02 Å². The molecule has 26 heavy (non-hydrogen) atoms. The van der Waals surface area contributed by atoms with Crippen LogP contribution in [0, 0.1) is 6.92 Å². The molecule has 1 fully saturated rings. The van der Waals surface area contributed by atoms with Crippen molar-refractivity contribution in [2.75, 3.05) is 11.9 Å². The van der Waals surface area contributed by atoms with Crippen LogP contribution in [-0.2, 0) is 15.1 Å². The largest absolute Gasteiger partial charge is 0.325 e. The average molecular weight is 372 g/mol. The molecule has 4 amide bonds. The van der Waals surface area contributed by atoms with Crippen LogP contribution in [0.15, 0.2) is 48.5 Å². The van der Waals surface area contributed by atoms with Crippen molar-refractivity contribution < 1.29 is 14.4 Å². The van der Waals surface area contributed by atoms with Crippen molar-refractivity contribution in [3.63, 3.8) is 0 Å². The summed E-state index contributed by atoms with van der Waals surface area (Å²) in [5.41, 5.74) is 0.843. The number of nitrogens with one attached hydrogen (secondary N) is 2. The number of urea groups is 1. The molecule has 1 aliphatic rings. The summed E-state index contributed by atoms with van der Waals surface area (Å²) in [4.78, 5) is 38.3. The van der Waals surface area contributed by atoms with Gasteiger partial charge in [0.2, 0.25) is 5.91 Å². The Kier molecular flexibility index (Phi) is 4.70. The van der Waals surface area contributed by atoms with Crippen LogP contribution < -0.4 is 10.6 Å². The molecule has 1 saturated heterocycles. The number of imide groups is 1. The fraction of sp³-hybridized carbons (Fsp3) is 0.211. The smallest absolute Gasteiger partial charge is 0.325 e. The molecular formula is C19H18ClN3O3. The highest BCUT2D eigenvalue weighted by Gasteiger charge is 2.50. The minimum Gasteiger partial charge on any atom is -0.325 e. The number of halogens is 1. The topological polar surface area (TPSA) is 78.5 Å². The quantitative estimate of drug-likeness (QED) is 0.811. The highest BCUT2D eigenvalue weighted by atomic mass is 35.5. The first kappa shape index (κ1) is 17.9. The number of benzene rings is 2. The molecule has 1 aliphatic heterocycles. The van der Waals surface area contributed by atoms with Gasteiger partial charge in [-0.1, -0.05) is 47.5 Å². The first-order valence-electron chi connectivity index (χ1n) is 8.07. The first-order chi connectivity index (χ1) is 12.3. The van der Waals surface area contributed by atoms with Crippen molar-refractivity contribution in [3.8, 4) is 0 Å². The summed E-state index contributed by atoms with van der Waals surface area (Å²) in [6.07, 6.45) is 0. The van der Waals surface area contributed by atoms with Gasteiger partial charge in [-0.3, -0.25) is 14.5 Å². The van der Waals surface area contributed by atoms with Gasteiger partial charge in [-0.15, -0.1) is 0 Å². The van der Waals surface area contributed by atoms with E-state index in [1.54, 1.807) is 43.3 Å². The molecule has 0 radical (unpaired) electrons. The maximum Gasteiger partial charge on any atom is 0.325 e. The molecule has 2 N–H and O–H groups in total. The zero-order valence-corrected chi connectivity index (χ0v) is 15.1. The molecule has 0 aromatic heterocycles. The standard InChI is InChI=1S/C19H18ClN3O3/c1-12-7-9-13(10-8-12)21-16(24)11-23-17(25)19(2,22-18(23)26)14-5-3-4-6-15(14)20/h3-10H,11H2,1-2H3,(H,21,24)(H,22,26)/t19-/m0/s1. The van der Waals surface area contributed by atoms with Crippen molar-refractivity contribution in [3.05, 3.63) is 64.7 Å². The van der Waals surface area contributed by atoms with Gasteiger partial charge in [0.15, 0.2) is 0 Å². The molecule has 0 aliphatic carbocycles. The Balaban J connectivity index is 1.76. The van der Waals surface area contributed by atoms with Gasteiger partial charge >= 0.3 is 6.03 Å². The molecule has 7 heteroatoms. The Bertz CT molecular complexity index is 882. The number of carbonyl (C=O) groups is 3. The van der Waals surface area contributed by atoms with E-state index in [4.69, 9.17) is 11.6 Å². The molecule has 2 aromatic carbocycles. The third kappa shape index (κ3) is 3.28. The predicted octanol–water partition coefficient (Wildman–Crippen LogP) is 3.05. The van der Waals surface area contributed by atoms with Crippen molar-refractivity contribution in [2.24, 2.45) is 0 Å². The molecule has 6 nitrogen and oxygen atoms in total. The molecule has 3 rings (SSSR count). The predicted molar refractivity (Wildman–Crippen MR) is 98.9 cm³/mol. The molecule has 1 heterocycles. The van der Waals surface area contributed by atoms with E-state index < -0.39 is 23.4 Å². The fourth-order valence-corrected chi connectivity index (χ4v) is 3.20. The third-order valence-corrected chi connectivity index (χ3v) is 4.65. The number of hydrogen-bond acceptors (Lipinski definition) is 3. The van der Waals surface area contributed by atoms with E-state index in [1.165, 1.54) is 0 Å². The molecular weight excluding hydrogens is 354 g/mol. The highest BCUT2D eigenvalue weighted by molar-refractivity contribution is 6.32. The van der Waals surface area contributed by atoms with E-state index in [0.29, 0.717) is 16.3 Å². The maximum absolute atomic E-state index is 12.8. The average Bonchev–Trinajstić information content (AvgIpc) is 2.81. The Morgan fingerprint density at radius 1 is 1.15 bits per heavy atom. The van der Waals surface area contributed by atoms with Crippen molar-refractivity contribution in [2.45, 2.75) is 19.4 Å². The van der Waals surface area contributed by atoms with Gasteiger partial charge in [0.05, 0.1) is 0 Å². The van der Waals surface area contributed by atoms with Crippen LogP contribution in [-0.4, -0.2) is 29.3 Å². The molecule has 0 saturated carbocycles. The molecule has 0 bridgehead atoms. The maximum atomic E-state index is 12.8. The SMILES string of the molecule is Cc1ccc(NC(=O)CN2C(=O)N[C@@](C)(c3ccccc3Cl)C2=O)cc1. The summed E-state index contributed by atoms with van der Waals surface area (Å²) in [6, 6.07) is 13.4. The van der Waals surface area contributed by atoms with Gasteiger partial charge < -0.3 is 10.6 Å². The zero-order chi connectivity index (χ0) is 18.9. The van der Waals surface area contributed by atoms with Crippen LogP contribution in [0.3, 0.4) is 0 Å². The van der Waals surface area contributed by atoms with E-state index in [9.17, 15) is 14.4 Å². The number of anilines is 1. The molecule has 0 spiro atoms. The lowest BCUT2D eigenvalue weighted by Crippen LogP contribution is -2.42. The number of rotatable bonds is 4. The Labute approximate surface area is 156 Å². The molecule has 0 unspecified atom stereocenters. The third-order valence-electron chi connectivity index (χ3n) is 4.32. The van der Waals surface area contributed by atoms with E-state index in [0.717, 1.165) is 10.5 Å². The van der Waals surface area contributed by atoms with Gasteiger partial charge in [0.1, 0.15) is 12.1 Å². The summed E-state index contributed by atoms with van der Waals surface area (Å²) in [5, 5.41) is 5.68. The Hall–Kier alpha value is -2.86. The second-order valence-corrected chi connectivity index (χ2v) is 6.75. The van der Waals surface area contributed by atoms with Crippen LogP contribution in [0.25, 0.3) is 0 Å². The monoisotopic (exact) mass is 371 g/mol. The number of amides is 4. The second-order valence-electron chi connectivity index (χ2n) is 6.34. The summed E-state index contributed by atoms with van der Waals surface area (Å²) >= 11 is 6.18. The lowest BCUT2D eigenvalue weighted by molar-refractivity contribution is -0.133. The summed E-state index contributed by atoms with van der Waals surface area (Å²) < 4.78 is 0. The molecule has 2 aromatic rings. The lowest BCUT2D eigenvalue weighted by Gasteiger charge is -2.23. The summed E-state index contributed by atoms with van der Waals surface area (Å²) in [6.45, 7) is 3.14. The Morgan fingerprint density at radius 2 is 1.81 bits per heavy atom. The van der Waals surface area contributed by atoms with Crippen molar-refractivity contribution in [1.82, 2.24) is 10.2 Å². The highest BCUT2D eigenvalue weighted by Crippen LogP contribution is 2.33.